The number of hydrogen-bond donors (Lipinski definition) is 1. The van der Waals surface area contributed by atoms with E-state index in [2.05, 4.69) is 5.32 Å². The van der Waals surface area contributed by atoms with Gasteiger partial charge in [0.05, 0.1) is 12.5 Å². The lowest BCUT2D eigenvalue weighted by molar-refractivity contribution is -0.149. The minimum Gasteiger partial charge on any atom is -0.465 e. The predicted octanol–water partition coefficient (Wildman–Crippen LogP) is 0.939. The van der Waals surface area contributed by atoms with Crippen molar-refractivity contribution in [3.63, 3.8) is 0 Å². The van der Waals surface area contributed by atoms with Gasteiger partial charge in [0, 0.05) is 6.54 Å². The predicted molar refractivity (Wildman–Crippen MR) is 46.8 cm³/mol. The van der Waals surface area contributed by atoms with Crippen molar-refractivity contribution in [1.29, 1.82) is 0 Å². The highest BCUT2D eigenvalue weighted by molar-refractivity contribution is 5.72. The van der Waals surface area contributed by atoms with Crippen molar-refractivity contribution < 1.29 is 9.53 Å². The van der Waals surface area contributed by atoms with Crippen LogP contribution in [-0.2, 0) is 9.53 Å². The van der Waals surface area contributed by atoms with E-state index in [9.17, 15) is 4.79 Å². The Morgan fingerprint density at radius 1 is 1.67 bits per heavy atom. The number of ether oxygens (including phenoxy) is 1. The summed E-state index contributed by atoms with van der Waals surface area (Å²) < 4.78 is 5.05. The van der Waals surface area contributed by atoms with Crippen LogP contribution >= 0.6 is 0 Å². The normalized spacial score (nSPS) is 23.6. The number of rotatable bonds is 3. The number of carbonyl (C=O) groups is 1. The van der Waals surface area contributed by atoms with Gasteiger partial charge in [0.15, 0.2) is 0 Å². The van der Waals surface area contributed by atoms with Gasteiger partial charge in [-0.2, -0.15) is 0 Å². The first-order chi connectivity index (χ1) is 5.84. The Hall–Kier alpha value is -0.570. The molecule has 0 aromatic heterocycles. The standard InChI is InChI=1S/C9H17NO2/c1-2-6-12-9(11)8-4-3-5-10-7-8/h8,10H,2-7H2,1H3. The SMILES string of the molecule is CCCOC(=O)C1CCCNC1. The molecule has 1 aliphatic heterocycles. The van der Waals surface area contributed by atoms with E-state index >= 15 is 0 Å². The second-order valence-electron chi connectivity index (χ2n) is 3.21. The fourth-order valence-corrected chi connectivity index (χ4v) is 1.37. The smallest absolute Gasteiger partial charge is 0.310 e. The van der Waals surface area contributed by atoms with Crippen molar-refractivity contribution in [1.82, 2.24) is 5.32 Å². The van der Waals surface area contributed by atoms with Crippen molar-refractivity contribution >= 4 is 5.97 Å². The van der Waals surface area contributed by atoms with E-state index in [1.807, 2.05) is 6.92 Å². The minimum absolute atomic E-state index is 0.0240. The van der Waals surface area contributed by atoms with Gasteiger partial charge in [0.2, 0.25) is 0 Å². The molecule has 1 atom stereocenters. The summed E-state index contributed by atoms with van der Waals surface area (Å²) in [6.07, 6.45) is 2.98. The molecule has 0 aromatic rings. The summed E-state index contributed by atoms with van der Waals surface area (Å²) in [5.74, 6) is 0.0781. The Kier molecular flexibility index (Phi) is 4.08. The third-order valence-corrected chi connectivity index (χ3v) is 2.08. The first-order valence-electron chi connectivity index (χ1n) is 4.72. The van der Waals surface area contributed by atoms with E-state index in [1.165, 1.54) is 0 Å². The van der Waals surface area contributed by atoms with E-state index in [0.717, 1.165) is 32.4 Å². The number of hydrogen-bond acceptors (Lipinski definition) is 3. The Bertz CT molecular complexity index is 141. The molecule has 1 fully saturated rings. The number of piperidine rings is 1. The maximum absolute atomic E-state index is 11.3. The summed E-state index contributed by atoms with van der Waals surface area (Å²) in [6.45, 7) is 4.40. The Morgan fingerprint density at radius 2 is 2.50 bits per heavy atom. The quantitative estimate of drug-likeness (QED) is 0.642. The topological polar surface area (TPSA) is 38.3 Å². The van der Waals surface area contributed by atoms with Crippen LogP contribution in [0.1, 0.15) is 26.2 Å². The second-order valence-corrected chi connectivity index (χ2v) is 3.21. The molecular weight excluding hydrogens is 154 g/mol. The van der Waals surface area contributed by atoms with Crippen LogP contribution in [-0.4, -0.2) is 25.7 Å². The highest BCUT2D eigenvalue weighted by Gasteiger charge is 2.21. The van der Waals surface area contributed by atoms with Crippen molar-refractivity contribution in [3.05, 3.63) is 0 Å². The summed E-state index contributed by atoms with van der Waals surface area (Å²) >= 11 is 0. The molecule has 3 heteroatoms. The Morgan fingerprint density at radius 3 is 3.08 bits per heavy atom. The highest BCUT2D eigenvalue weighted by Crippen LogP contribution is 2.11. The molecule has 0 spiro atoms. The Labute approximate surface area is 73.5 Å². The van der Waals surface area contributed by atoms with Crippen LogP contribution < -0.4 is 5.32 Å². The van der Waals surface area contributed by atoms with E-state index < -0.39 is 0 Å². The van der Waals surface area contributed by atoms with E-state index in [0.29, 0.717) is 6.61 Å². The van der Waals surface area contributed by atoms with Crippen molar-refractivity contribution in [2.24, 2.45) is 5.92 Å². The molecule has 1 unspecified atom stereocenters. The number of carbonyl (C=O) groups excluding carboxylic acids is 1. The van der Waals surface area contributed by atoms with Gasteiger partial charge in [-0.25, -0.2) is 0 Å². The third-order valence-electron chi connectivity index (χ3n) is 2.08. The summed E-state index contributed by atoms with van der Waals surface area (Å²) in [5, 5.41) is 3.19. The maximum atomic E-state index is 11.3. The molecule has 0 bridgehead atoms. The van der Waals surface area contributed by atoms with E-state index in [1.54, 1.807) is 0 Å². The summed E-state index contributed by atoms with van der Waals surface area (Å²) in [4.78, 5) is 11.3. The lowest BCUT2D eigenvalue weighted by atomic mass is 10.0. The fraction of sp³-hybridized carbons (Fsp3) is 0.889. The third kappa shape index (κ3) is 2.81. The molecule has 1 rings (SSSR count). The fourth-order valence-electron chi connectivity index (χ4n) is 1.37. The molecule has 1 saturated heterocycles. The molecule has 1 N–H and O–H groups in total. The van der Waals surface area contributed by atoms with E-state index in [-0.39, 0.29) is 11.9 Å². The molecule has 0 amide bonds. The molecule has 1 heterocycles. The zero-order valence-electron chi connectivity index (χ0n) is 7.64. The molecule has 0 saturated carbocycles. The average Bonchev–Trinajstić information content (AvgIpc) is 2.15. The molecule has 3 nitrogen and oxygen atoms in total. The van der Waals surface area contributed by atoms with Gasteiger partial charge in [0.25, 0.3) is 0 Å². The van der Waals surface area contributed by atoms with Gasteiger partial charge in [-0.3, -0.25) is 4.79 Å². The van der Waals surface area contributed by atoms with Crippen LogP contribution in [0.3, 0.4) is 0 Å². The van der Waals surface area contributed by atoms with Crippen molar-refractivity contribution in [2.45, 2.75) is 26.2 Å². The average molecular weight is 171 g/mol. The first-order valence-corrected chi connectivity index (χ1v) is 4.72. The van der Waals surface area contributed by atoms with Crippen LogP contribution in [0.2, 0.25) is 0 Å². The second kappa shape index (κ2) is 5.14. The molecule has 1 aliphatic rings. The Balaban J connectivity index is 2.20. The van der Waals surface area contributed by atoms with Crippen LogP contribution in [0.25, 0.3) is 0 Å². The maximum Gasteiger partial charge on any atom is 0.310 e. The zero-order valence-corrected chi connectivity index (χ0v) is 7.64. The summed E-state index contributed by atoms with van der Waals surface area (Å²) in [6, 6.07) is 0. The van der Waals surface area contributed by atoms with Crippen LogP contribution in [0.15, 0.2) is 0 Å². The van der Waals surface area contributed by atoms with E-state index in [4.69, 9.17) is 4.74 Å². The zero-order chi connectivity index (χ0) is 8.81. The largest absolute Gasteiger partial charge is 0.465 e. The van der Waals surface area contributed by atoms with Gasteiger partial charge >= 0.3 is 5.97 Å². The van der Waals surface area contributed by atoms with Crippen molar-refractivity contribution in [2.75, 3.05) is 19.7 Å². The molecular formula is C9H17NO2. The molecule has 0 aromatic carbocycles. The van der Waals surface area contributed by atoms with Gasteiger partial charge in [-0.05, 0) is 25.8 Å². The lowest BCUT2D eigenvalue weighted by Crippen LogP contribution is -2.35. The minimum atomic E-state index is -0.0240. The molecule has 12 heavy (non-hydrogen) atoms. The number of esters is 1. The first kappa shape index (κ1) is 9.52. The molecule has 70 valence electrons. The summed E-state index contributed by atoms with van der Waals surface area (Å²) in [7, 11) is 0. The van der Waals surface area contributed by atoms with Crippen LogP contribution in [0.5, 0.6) is 0 Å². The highest BCUT2D eigenvalue weighted by atomic mass is 16.5. The van der Waals surface area contributed by atoms with Gasteiger partial charge in [0.1, 0.15) is 0 Å². The summed E-state index contributed by atoms with van der Waals surface area (Å²) in [5.41, 5.74) is 0. The number of nitrogens with one attached hydrogen (secondary N) is 1. The van der Waals surface area contributed by atoms with Crippen LogP contribution in [0, 0.1) is 5.92 Å². The van der Waals surface area contributed by atoms with Gasteiger partial charge in [-0.15, -0.1) is 0 Å². The lowest BCUT2D eigenvalue weighted by Gasteiger charge is -2.20. The monoisotopic (exact) mass is 171 g/mol. The van der Waals surface area contributed by atoms with Crippen molar-refractivity contribution in [3.8, 4) is 0 Å². The van der Waals surface area contributed by atoms with Gasteiger partial charge < -0.3 is 10.1 Å². The van der Waals surface area contributed by atoms with Crippen LogP contribution in [0.4, 0.5) is 0 Å². The molecule has 0 aliphatic carbocycles. The molecule has 0 radical (unpaired) electrons. The van der Waals surface area contributed by atoms with Gasteiger partial charge in [-0.1, -0.05) is 6.92 Å².